The highest BCUT2D eigenvalue weighted by Crippen LogP contribution is 2.29. The predicted molar refractivity (Wildman–Crippen MR) is 118 cm³/mol. The molecule has 2 saturated heterocycles. The zero-order valence-electron chi connectivity index (χ0n) is 16.6. The summed E-state index contributed by atoms with van der Waals surface area (Å²) in [6, 6.07) is 4.77. The monoisotopic (exact) mass is 410 g/mol. The smallest absolute Gasteiger partial charge is 0.191 e. The number of thioether (sulfide) groups is 1. The molecule has 2 atom stereocenters. The van der Waals surface area contributed by atoms with Gasteiger partial charge in [-0.2, -0.15) is 11.8 Å². The number of nitrogens with zero attached hydrogens (tertiary/aromatic N) is 2. The van der Waals surface area contributed by atoms with Gasteiger partial charge in [0.05, 0.1) is 18.2 Å². The lowest BCUT2D eigenvalue weighted by Gasteiger charge is -2.36. The topological polar surface area (TPSA) is 59.9 Å². The molecule has 0 spiro atoms. The Labute approximate surface area is 172 Å². The van der Waals surface area contributed by atoms with Crippen LogP contribution in [0.4, 0.5) is 0 Å². The quantitative estimate of drug-likeness (QED) is 0.477. The van der Waals surface area contributed by atoms with Crippen LogP contribution in [0.3, 0.4) is 0 Å². The SMILES string of the molecule is CCNC(=NCC1(O)CCSC1)NCC(c1cccs1)N1CCC(C)CC1. The predicted octanol–water partition coefficient (Wildman–Crippen LogP) is 2.94. The fourth-order valence-electron chi connectivity index (χ4n) is 3.71. The van der Waals surface area contributed by atoms with Crippen molar-refractivity contribution < 1.29 is 5.11 Å². The fraction of sp³-hybridized carbons (Fsp3) is 0.750. The Balaban J connectivity index is 1.63. The van der Waals surface area contributed by atoms with Gasteiger partial charge in [-0.25, -0.2) is 0 Å². The highest BCUT2D eigenvalue weighted by Gasteiger charge is 2.31. The summed E-state index contributed by atoms with van der Waals surface area (Å²) in [5.74, 6) is 3.47. The Morgan fingerprint density at radius 2 is 2.22 bits per heavy atom. The molecule has 3 heterocycles. The molecule has 3 N–H and O–H groups in total. The third-order valence-electron chi connectivity index (χ3n) is 5.55. The summed E-state index contributed by atoms with van der Waals surface area (Å²) in [6.07, 6.45) is 3.39. The van der Waals surface area contributed by atoms with E-state index in [2.05, 4.69) is 46.9 Å². The Kier molecular flexibility index (Phi) is 7.87. The first-order valence-electron chi connectivity index (χ1n) is 10.2. The van der Waals surface area contributed by atoms with Crippen LogP contribution < -0.4 is 10.6 Å². The summed E-state index contributed by atoms with van der Waals surface area (Å²) < 4.78 is 0. The van der Waals surface area contributed by atoms with Crippen LogP contribution in [0, 0.1) is 5.92 Å². The molecule has 0 radical (unpaired) electrons. The van der Waals surface area contributed by atoms with E-state index in [9.17, 15) is 5.11 Å². The highest BCUT2D eigenvalue weighted by atomic mass is 32.2. The number of rotatable bonds is 7. The van der Waals surface area contributed by atoms with Gasteiger partial charge in [0, 0.05) is 23.7 Å². The van der Waals surface area contributed by atoms with Crippen molar-refractivity contribution in [3.8, 4) is 0 Å². The first kappa shape index (κ1) is 21.0. The number of piperidine rings is 1. The van der Waals surface area contributed by atoms with Crippen LogP contribution in [0.5, 0.6) is 0 Å². The minimum atomic E-state index is -0.636. The van der Waals surface area contributed by atoms with Gasteiger partial charge in [-0.1, -0.05) is 13.0 Å². The molecule has 0 amide bonds. The standard InChI is InChI=1S/C20H34N4OS2/c1-3-21-19(23-14-20(25)8-12-26-15-20)22-13-17(18-5-4-11-27-18)24-9-6-16(2)7-10-24/h4-5,11,16-17,25H,3,6-10,12-15H2,1-2H3,(H2,21,22,23). The van der Waals surface area contributed by atoms with Gasteiger partial charge in [0.1, 0.15) is 0 Å². The van der Waals surface area contributed by atoms with Crippen molar-refractivity contribution in [1.82, 2.24) is 15.5 Å². The zero-order valence-corrected chi connectivity index (χ0v) is 18.2. The molecule has 2 aliphatic rings. The molecule has 7 heteroatoms. The Hall–Kier alpha value is -0.760. The number of hydrogen-bond donors (Lipinski definition) is 3. The van der Waals surface area contributed by atoms with Gasteiger partial charge in [-0.15, -0.1) is 11.3 Å². The average molecular weight is 411 g/mol. The number of thiophene rings is 1. The molecule has 2 fully saturated rings. The molecule has 3 rings (SSSR count). The van der Waals surface area contributed by atoms with Gasteiger partial charge >= 0.3 is 0 Å². The normalized spacial score (nSPS) is 26.3. The van der Waals surface area contributed by atoms with Crippen LogP contribution >= 0.6 is 23.1 Å². The lowest BCUT2D eigenvalue weighted by molar-refractivity contribution is 0.0778. The summed E-state index contributed by atoms with van der Waals surface area (Å²) in [5, 5.41) is 19.6. The van der Waals surface area contributed by atoms with E-state index < -0.39 is 5.60 Å². The van der Waals surface area contributed by atoms with Crippen molar-refractivity contribution in [3.05, 3.63) is 22.4 Å². The number of aliphatic hydroxyl groups is 1. The van der Waals surface area contributed by atoms with E-state index in [0.717, 1.165) is 56.0 Å². The lowest BCUT2D eigenvalue weighted by Crippen LogP contribution is -2.45. The minimum Gasteiger partial charge on any atom is -0.387 e. The van der Waals surface area contributed by atoms with Crippen molar-refractivity contribution in [2.45, 2.75) is 44.8 Å². The maximum atomic E-state index is 10.6. The van der Waals surface area contributed by atoms with Crippen LogP contribution in [0.25, 0.3) is 0 Å². The van der Waals surface area contributed by atoms with Crippen molar-refractivity contribution in [2.24, 2.45) is 10.9 Å². The van der Waals surface area contributed by atoms with E-state index in [1.54, 1.807) is 0 Å². The molecule has 0 aromatic carbocycles. The summed E-state index contributed by atoms with van der Waals surface area (Å²) in [4.78, 5) is 8.72. The Bertz CT molecular complexity index is 579. The second kappa shape index (κ2) is 10.1. The van der Waals surface area contributed by atoms with Gasteiger partial charge in [0.25, 0.3) is 0 Å². The summed E-state index contributed by atoms with van der Waals surface area (Å²) >= 11 is 3.66. The van der Waals surface area contributed by atoms with E-state index in [1.165, 1.54) is 17.7 Å². The molecule has 0 saturated carbocycles. The number of aliphatic imine (C=N–C) groups is 1. The molecule has 2 aliphatic heterocycles. The van der Waals surface area contributed by atoms with Gasteiger partial charge in [-0.3, -0.25) is 9.89 Å². The maximum Gasteiger partial charge on any atom is 0.191 e. The Morgan fingerprint density at radius 3 is 2.85 bits per heavy atom. The number of nitrogens with one attached hydrogen (secondary N) is 2. The molecule has 27 heavy (non-hydrogen) atoms. The Morgan fingerprint density at radius 1 is 1.41 bits per heavy atom. The largest absolute Gasteiger partial charge is 0.387 e. The maximum absolute atomic E-state index is 10.6. The molecule has 2 unspecified atom stereocenters. The van der Waals surface area contributed by atoms with E-state index in [1.807, 2.05) is 23.1 Å². The minimum absolute atomic E-state index is 0.381. The second-order valence-electron chi connectivity index (χ2n) is 7.85. The highest BCUT2D eigenvalue weighted by molar-refractivity contribution is 7.99. The third kappa shape index (κ3) is 6.11. The van der Waals surface area contributed by atoms with E-state index in [0.29, 0.717) is 12.6 Å². The molecule has 1 aromatic heterocycles. The van der Waals surface area contributed by atoms with Crippen molar-refractivity contribution in [2.75, 3.05) is 44.2 Å². The lowest BCUT2D eigenvalue weighted by atomic mass is 9.97. The first-order chi connectivity index (χ1) is 13.1. The van der Waals surface area contributed by atoms with Crippen LogP contribution in [0.1, 0.15) is 44.0 Å². The van der Waals surface area contributed by atoms with Gasteiger partial charge < -0.3 is 15.7 Å². The molecular weight excluding hydrogens is 376 g/mol. The molecule has 0 aliphatic carbocycles. The molecule has 5 nitrogen and oxygen atoms in total. The van der Waals surface area contributed by atoms with Gasteiger partial charge in [-0.05, 0) is 62.4 Å². The van der Waals surface area contributed by atoms with Gasteiger partial charge in [0.2, 0.25) is 0 Å². The van der Waals surface area contributed by atoms with Crippen molar-refractivity contribution in [1.29, 1.82) is 0 Å². The zero-order chi connectivity index (χ0) is 19.1. The third-order valence-corrected chi connectivity index (χ3v) is 7.76. The number of likely N-dealkylation sites (tertiary alicyclic amines) is 1. The average Bonchev–Trinajstić information content (AvgIpc) is 3.34. The fourth-order valence-corrected chi connectivity index (χ4v) is 5.86. The van der Waals surface area contributed by atoms with Crippen LogP contribution in [-0.2, 0) is 0 Å². The van der Waals surface area contributed by atoms with Crippen LogP contribution in [-0.4, -0.2) is 65.8 Å². The molecule has 152 valence electrons. The summed E-state index contributed by atoms with van der Waals surface area (Å²) in [6.45, 7) is 8.90. The van der Waals surface area contributed by atoms with E-state index >= 15 is 0 Å². The molecular formula is C20H34N4OS2. The first-order valence-corrected chi connectivity index (χ1v) is 12.2. The van der Waals surface area contributed by atoms with E-state index in [4.69, 9.17) is 4.99 Å². The van der Waals surface area contributed by atoms with Crippen molar-refractivity contribution >= 4 is 29.1 Å². The number of hydrogen-bond acceptors (Lipinski definition) is 5. The van der Waals surface area contributed by atoms with Gasteiger partial charge in [0.15, 0.2) is 5.96 Å². The number of guanidine groups is 1. The van der Waals surface area contributed by atoms with Crippen molar-refractivity contribution in [3.63, 3.8) is 0 Å². The van der Waals surface area contributed by atoms with Crippen LogP contribution in [0.2, 0.25) is 0 Å². The summed E-state index contributed by atoms with van der Waals surface area (Å²) in [5.41, 5.74) is -0.636. The molecule has 1 aromatic rings. The second-order valence-corrected chi connectivity index (χ2v) is 9.94. The molecule has 0 bridgehead atoms. The van der Waals surface area contributed by atoms with Crippen LogP contribution in [0.15, 0.2) is 22.5 Å². The van der Waals surface area contributed by atoms with E-state index in [-0.39, 0.29) is 0 Å². The summed E-state index contributed by atoms with van der Waals surface area (Å²) in [7, 11) is 0.